The first-order valence-corrected chi connectivity index (χ1v) is 10.1. The van der Waals surface area contributed by atoms with Gasteiger partial charge in [-0.25, -0.2) is 0 Å². The molecule has 3 nitrogen and oxygen atoms in total. The average Bonchev–Trinajstić information content (AvgIpc) is 2.63. The van der Waals surface area contributed by atoms with Crippen LogP contribution in [-0.2, 0) is 0 Å². The summed E-state index contributed by atoms with van der Waals surface area (Å²) in [6, 6.07) is 0. The largest absolute Gasteiger partial charge is 0.395 e. The number of nitrogens with zero attached hydrogens (tertiary/aromatic N) is 2. The molecule has 4 heteroatoms. The summed E-state index contributed by atoms with van der Waals surface area (Å²) < 4.78 is 0. The summed E-state index contributed by atoms with van der Waals surface area (Å²) in [6.45, 7) is 21.3. The number of piperazine rings is 1. The van der Waals surface area contributed by atoms with Crippen LogP contribution in [0.2, 0.25) is 0 Å². The van der Waals surface area contributed by atoms with Crippen molar-refractivity contribution in [3.8, 4) is 0 Å². The molecule has 1 saturated heterocycles. The van der Waals surface area contributed by atoms with Gasteiger partial charge in [0.25, 0.3) is 0 Å². The average molecular weight is 367 g/mol. The van der Waals surface area contributed by atoms with E-state index in [1.807, 2.05) is 0 Å². The molecule has 1 aliphatic carbocycles. The van der Waals surface area contributed by atoms with Gasteiger partial charge in [-0.05, 0) is 36.5 Å². The second kappa shape index (κ2) is 9.36. The van der Waals surface area contributed by atoms with Gasteiger partial charge in [-0.3, -0.25) is 9.80 Å². The molecule has 2 rings (SSSR count). The van der Waals surface area contributed by atoms with Gasteiger partial charge in [-0.1, -0.05) is 37.3 Å². The second-order valence-electron chi connectivity index (χ2n) is 8.03. The monoisotopic (exact) mass is 366 g/mol. The number of alkyl halides is 1. The third-order valence-corrected chi connectivity index (χ3v) is 6.71. The van der Waals surface area contributed by atoms with Gasteiger partial charge in [0.05, 0.1) is 6.61 Å². The molecule has 0 unspecified atom stereocenters. The lowest BCUT2D eigenvalue weighted by atomic mass is 9.61. The Kier molecular flexibility index (Phi) is 7.75. The van der Waals surface area contributed by atoms with Crippen LogP contribution < -0.4 is 0 Å². The van der Waals surface area contributed by atoms with E-state index in [0.29, 0.717) is 17.7 Å². The molecule has 142 valence electrons. The van der Waals surface area contributed by atoms with Gasteiger partial charge < -0.3 is 5.11 Å². The molecule has 1 N–H and O–H groups in total. The third kappa shape index (κ3) is 5.19. The van der Waals surface area contributed by atoms with Crippen molar-refractivity contribution in [2.24, 2.45) is 17.3 Å². The van der Waals surface area contributed by atoms with Gasteiger partial charge in [-0.2, -0.15) is 0 Å². The van der Waals surface area contributed by atoms with Crippen LogP contribution in [0, 0.1) is 17.3 Å². The molecule has 1 heterocycles. The first kappa shape index (κ1) is 20.7. The normalized spacial score (nSPS) is 31.6. The van der Waals surface area contributed by atoms with Crippen LogP contribution in [0.25, 0.3) is 0 Å². The van der Waals surface area contributed by atoms with Gasteiger partial charge in [0.1, 0.15) is 0 Å². The Labute approximate surface area is 159 Å². The molecule has 0 bridgehead atoms. The Hall–Kier alpha value is -0.610. The Morgan fingerprint density at radius 2 is 1.84 bits per heavy atom. The maximum absolute atomic E-state index is 9.06. The highest BCUT2D eigenvalue weighted by atomic mass is 35.5. The molecule has 0 radical (unpaired) electrons. The summed E-state index contributed by atoms with van der Waals surface area (Å²) in [5.74, 6) is 1.48. The molecule has 25 heavy (non-hydrogen) atoms. The van der Waals surface area contributed by atoms with Crippen LogP contribution in [0.15, 0.2) is 37.0 Å². The zero-order chi connectivity index (χ0) is 18.4. The second-order valence-corrected chi connectivity index (χ2v) is 8.29. The lowest BCUT2D eigenvalue weighted by molar-refractivity contribution is 0.112. The fourth-order valence-corrected chi connectivity index (χ4v) is 4.59. The fraction of sp³-hybridized carbons (Fsp3) is 0.714. The Bertz CT molecular complexity index is 484. The molecular formula is C21H35ClN2O. The summed E-state index contributed by atoms with van der Waals surface area (Å²) in [5, 5.41) is 9.06. The summed E-state index contributed by atoms with van der Waals surface area (Å²) in [5.41, 5.74) is 2.60. The highest BCUT2D eigenvalue weighted by Gasteiger charge is 2.39. The SMILES string of the molecule is C=C[C@]1(C)CC[C@@H](C(=C)CN2CCN(CCO)CC2)C[C@H]1C(=C)CCl. The van der Waals surface area contributed by atoms with E-state index >= 15 is 0 Å². The maximum Gasteiger partial charge on any atom is 0.0558 e. The van der Waals surface area contributed by atoms with Crippen LogP contribution in [0.1, 0.15) is 26.2 Å². The van der Waals surface area contributed by atoms with Crippen molar-refractivity contribution < 1.29 is 5.11 Å². The molecule has 2 fully saturated rings. The molecule has 0 amide bonds. The number of rotatable bonds is 8. The lowest BCUT2D eigenvalue weighted by Crippen LogP contribution is -2.48. The van der Waals surface area contributed by atoms with Crippen LogP contribution in [0.3, 0.4) is 0 Å². The fourth-order valence-electron chi connectivity index (χ4n) is 4.40. The Balaban J connectivity index is 1.90. The number of hydrogen-bond donors (Lipinski definition) is 1. The number of aliphatic hydroxyl groups is 1. The Morgan fingerprint density at radius 3 is 2.40 bits per heavy atom. The minimum Gasteiger partial charge on any atom is -0.395 e. The van der Waals surface area contributed by atoms with Gasteiger partial charge in [0.15, 0.2) is 0 Å². The molecule has 1 aliphatic heterocycles. The van der Waals surface area contributed by atoms with Crippen LogP contribution in [0.5, 0.6) is 0 Å². The highest BCUT2D eigenvalue weighted by molar-refractivity contribution is 6.19. The van der Waals surface area contributed by atoms with E-state index in [4.69, 9.17) is 16.7 Å². The van der Waals surface area contributed by atoms with E-state index in [2.05, 4.69) is 42.5 Å². The van der Waals surface area contributed by atoms with Crippen LogP contribution >= 0.6 is 11.6 Å². The minimum absolute atomic E-state index is 0.110. The van der Waals surface area contributed by atoms with Gasteiger partial charge in [0, 0.05) is 45.1 Å². The summed E-state index contributed by atoms with van der Waals surface area (Å²) >= 11 is 6.10. The smallest absolute Gasteiger partial charge is 0.0558 e. The topological polar surface area (TPSA) is 26.7 Å². The zero-order valence-corrected chi connectivity index (χ0v) is 16.6. The van der Waals surface area contributed by atoms with Crippen LogP contribution in [0.4, 0.5) is 0 Å². The maximum atomic E-state index is 9.06. The van der Waals surface area contributed by atoms with E-state index in [0.717, 1.165) is 57.7 Å². The van der Waals surface area contributed by atoms with Gasteiger partial charge in [-0.15, -0.1) is 18.2 Å². The van der Waals surface area contributed by atoms with Crippen molar-refractivity contribution in [3.63, 3.8) is 0 Å². The molecule has 0 spiro atoms. The quantitative estimate of drug-likeness (QED) is 0.525. The van der Waals surface area contributed by atoms with E-state index in [9.17, 15) is 0 Å². The molecule has 3 atom stereocenters. The van der Waals surface area contributed by atoms with Crippen molar-refractivity contribution in [1.82, 2.24) is 9.80 Å². The lowest BCUT2D eigenvalue weighted by Gasteiger charge is -2.45. The predicted octanol–water partition coefficient (Wildman–Crippen LogP) is 3.56. The number of allylic oxidation sites excluding steroid dienone is 2. The highest BCUT2D eigenvalue weighted by Crippen LogP contribution is 2.49. The van der Waals surface area contributed by atoms with Gasteiger partial charge >= 0.3 is 0 Å². The van der Waals surface area contributed by atoms with Crippen molar-refractivity contribution in [3.05, 3.63) is 37.0 Å². The van der Waals surface area contributed by atoms with Crippen molar-refractivity contribution in [1.29, 1.82) is 0 Å². The van der Waals surface area contributed by atoms with Crippen molar-refractivity contribution >= 4 is 11.6 Å². The standard InChI is InChI=1S/C21H35ClN2O/c1-5-21(4)7-6-19(14-20(21)17(2)15-22)18(3)16-24-10-8-23(9-11-24)12-13-25/h5,19-20,25H,1-3,6-16H2,4H3/t19-,20+,21-/m1/s1. The molecular weight excluding hydrogens is 332 g/mol. The minimum atomic E-state index is 0.110. The van der Waals surface area contributed by atoms with E-state index in [1.54, 1.807) is 0 Å². The summed E-state index contributed by atoms with van der Waals surface area (Å²) in [4.78, 5) is 4.83. The number of β-amino-alcohol motifs (C(OH)–C–C–N with tert-alkyl or cyclic N) is 1. The number of halogens is 1. The summed E-state index contributed by atoms with van der Waals surface area (Å²) in [7, 11) is 0. The number of aliphatic hydroxyl groups excluding tert-OH is 1. The Morgan fingerprint density at radius 1 is 1.20 bits per heavy atom. The predicted molar refractivity (Wildman–Crippen MR) is 108 cm³/mol. The van der Waals surface area contributed by atoms with E-state index in [-0.39, 0.29) is 12.0 Å². The van der Waals surface area contributed by atoms with Crippen molar-refractivity contribution in [2.45, 2.75) is 26.2 Å². The molecule has 0 aromatic rings. The summed E-state index contributed by atoms with van der Waals surface area (Å²) in [6.07, 6.45) is 5.51. The molecule has 1 saturated carbocycles. The molecule has 0 aromatic heterocycles. The third-order valence-electron chi connectivity index (χ3n) is 6.36. The molecule has 0 aromatic carbocycles. The van der Waals surface area contributed by atoms with Gasteiger partial charge in [0.2, 0.25) is 0 Å². The van der Waals surface area contributed by atoms with E-state index < -0.39 is 0 Å². The first-order chi connectivity index (χ1) is 11.9. The molecule has 2 aliphatic rings. The van der Waals surface area contributed by atoms with Crippen molar-refractivity contribution in [2.75, 3.05) is 51.8 Å². The first-order valence-electron chi connectivity index (χ1n) is 9.54. The number of hydrogen-bond acceptors (Lipinski definition) is 3. The van der Waals surface area contributed by atoms with E-state index in [1.165, 1.54) is 12.0 Å². The zero-order valence-electron chi connectivity index (χ0n) is 15.9. The van der Waals surface area contributed by atoms with Crippen LogP contribution in [-0.4, -0.2) is 66.7 Å².